The van der Waals surface area contributed by atoms with E-state index >= 15 is 0 Å². The number of nitrogens with one attached hydrogen (secondary N) is 2. The van der Waals surface area contributed by atoms with Crippen molar-refractivity contribution in [3.63, 3.8) is 0 Å². The Morgan fingerprint density at radius 3 is 2.75 bits per heavy atom. The molecule has 1 unspecified atom stereocenters. The summed E-state index contributed by atoms with van der Waals surface area (Å²) in [7, 11) is 1.66. The highest BCUT2D eigenvalue weighted by Gasteiger charge is 2.53. The van der Waals surface area contributed by atoms with Gasteiger partial charge in [0.1, 0.15) is 17.6 Å². The largest absolute Gasteiger partial charge is 0.496 e. The van der Waals surface area contributed by atoms with Crippen molar-refractivity contribution >= 4 is 17.5 Å². The third-order valence-electron chi connectivity index (χ3n) is 5.25. The van der Waals surface area contributed by atoms with E-state index in [9.17, 15) is 4.79 Å². The molecular weight excluding hydrogens is 356 g/mol. The first-order chi connectivity index (χ1) is 13.3. The molecule has 1 saturated heterocycles. The molecule has 0 aliphatic carbocycles. The average Bonchev–Trinajstić information content (AvgIpc) is 3.17. The Balaban J connectivity index is 1.76. The van der Waals surface area contributed by atoms with Crippen LogP contribution in [0.15, 0.2) is 42.5 Å². The molecule has 1 fully saturated rings. The molecule has 1 amide bonds. The fourth-order valence-corrected chi connectivity index (χ4v) is 4.17. The van der Waals surface area contributed by atoms with Gasteiger partial charge in [0.2, 0.25) is 0 Å². The quantitative estimate of drug-likeness (QED) is 0.818. The average molecular weight is 382 g/mol. The molecule has 0 bridgehead atoms. The van der Waals surface area contributed by atoms with Gasteiger partial charge in [-0.2, -0.15) is 0 Å². The monoisotopic (exact) mass is 382 g/mol. The number of hydrogen-bond acceptors (Lipinski definition) is 5. The predicted molar refractivity (Wildman–Crippen MR) is 108 cm³/mol. The van der Waals surface area contributed by atoms with E-state index in [1.165, 1.54) is 5.56 Å². The van der Waals surface area contributed by atoms with Crippen molar-refractivity contribution in [1.82, 2.24) is 0 Å². The van der Waals surface area contributed by atoms with Crippen molar-refractivity contribution in [3.8, 4) is 5.75 Å². The summed E-state index contributed by atoms with van der Waals surface area (Å²) in [5, 5.41) is 6.32. The Kier molecular flexibility index (Phi) is 4.46. The van der Waals surface area contributed by atoms with Crippen molar-refractivity contribution < 1.29 is 19.0 Å². The van der Waals surface area contributed by atoms with Gasteiger partial charge in [0, 0.05) is 16.9 Å². The Morgan fingerprint density at radius 2 is 2.00 bits per heavy atom. The van der Waals surface area contributed by atoms with E-state index in [2.05, 4.69) is 22.8 Å². The molecule has 6 heteroatoms. The molecule has 0 spiro atoms. The molecule has 2 aromatic rings. The number of fused-ring (bicyclic) bond motifs is 3. The van der Waals surface area contributed by atoms with E-state index in [1.807, 2.05) is 51.1 Å². The topological polar surface area (TPSA) is 68.8 Å². The fourth-order valence-electron chi connectivity index (χ4n) is 4.17. The SMILES string of the molecule is COc1ccc(NC(=O)OC(C)(C)C)cc1[C@]12CCOC1Nc1ccccc12. The summed E-state index contributed by atoms with van der Waals surface area (Å²) in [6.45, 7) is 6.17. The van der Waals surface area contributed by atoms with Crippen LogP contribution in [0.3, 0.4) is 0 Å². The third kappa shape index (κ3) is 3.07. The maximum absolute atomic E-state index is 12.2. The van der Waals surface area contributed by atoms with Crippen molar-refractivity contribution in [2.24, 2.45) is 0 Å². The lowest BCUT2D eigenvalue weighted by Gasteiger charge is -2.30. The van der Waals surface area contributed by atoms with Crippen LogP contribution in [0.2, 0.25) is 0 Å². The van der Waals surface area contributed by atoms with Crippen molar-refractivity contribution in [2.75, 3.05) is 24.4 Å². The zero-order valence-corrected chi connectivity index (χ0v) is 16.7. The van der Waals surface area contributed by atoms with Crippen LogP contribution >= 0.6 is 0 Å². The highest BCUT2D eigenvalue weighted by atomic mass is 16.6. The number of hydrogen-bond donors (Lipinski definition) is 2. The zero-order valence-electron chi connectivity index (χ0n) is 16.7. The molecule has 2 aliphatic heterocycles. The van der Waals surface area contributed by atoms with Gasteiger partial charge in [-0.25, -0.2) is 4.79 Å². The van der Waals surface area contributed by atoms with Crippen LogP contribution in [0, 0.1) is 0 Å². The maximum Gasteiger partial charge on any atom is 0.412 e. The molecule has 6 nitrogen and oxygen atoms in total. The van der Waals surface area contributed by atoms with E-state index in [1.54, 1.807) is 7.11 Å². The van der Waals surface area contributed by atoms with Gasteiger partial charge in [-0.3, -0.25) is 5.32 Å². The molecule has 2 atom stereocenters. The van der Waals surface area contributed by atoms with Gasteiger partial charge in [-0.05, 0) is 57.0 Å². The number of anilines is 2. The lowest BCUT2D eigenvalue weighted by molar-refractivity contribution is 0.0636. The number of para-hydroxylation sites is 1. The lowest BCUT2D eigenvalue weighted by atomic mass is 9.73. The van der Waals surface area contributed by atoms with Crippen molar-refractivity contribution in [3.05, 3.63) is 53.6 Å². The van der Waals surface area contributed by atoms with Crippen LogP contribution in [-0.4, -0.2) is 31.6 Å². The van der Waals surface area contributed by atoms with E-state index in [0.717, 1.165) is 23.4 Å². The number of rotatable bonds is 3. The predicted octanol–water partition coefficient (Wildman–Crippen LogP) is 4.50. The van der Waals surface area contributed by atoms with Crippen LogP contribution in [0.4, 0.5) is 16.2 Å². The Hall–Kier alpha value is -2.73. The summed E-state index contributed by atoms with van der Waals surface area (Å²) in [6, 6.07) is 13.9. The summed E-state index contributed by atoms with van der Waals surface area (Å²) in [5.74, 6) is 0.767. The van der Waals surface area contributed by atoms with Crippen LogP contribution in [-0.2, 0) is 14.9 Å². The first kappa shape index (κ1) is 18.6. The summed E-state index contributed by atoms with van der Waals surface area (Å²) in [5.41, 5.74) is 2.98. The van der Waals surface area contributed by atoms with Gasteiger partial charge in [0.25, 0.3) is 0 Å². The van der Waals surface area contributed by atoms with Gasteiger partial charge >= 0.3 is 6.09 Å². The molecular formula is C22H26N2O4. The highest BCUT2D eigenvalue weighted by Crippen LogP contribution is 2.54. The summed E-state index contributed by atoms with van der Waals surface area (Å²) in [6.07, 6.45) is 0.175. The second-order valence-electron chi connectivity index (χ2n) is 8.20. The Morgan fingerprint density at radius 1 is 1.21 bits per heavy atom. The molecule has 2 aliphatic rings. The number of carbonyl (C=O) groups excluding carboxylic acids is 1. The maximum atomic E-state index is 12.2. The zero-order chi connectivity index (χ0) is 19.9. The minimum absolute atomic E-state index is 0.171. The molecule has 0 aromatic heterocycles. The molecule has 148 valence electrons. The van der Waals surface area contributed by atoms with Crippen LogP contribution in [0.25, 0.3) is 0 Å². The van der Waals surface area contributed by atoms with E-state index in [0.29, 0.717) is 12.3 Å². The summed E-state index contributed by atoms with van der Waals surface area (Å²) < 4.78 is 17.1. The smallest absolute Gasteiger partial charge is 0.412 e. The normalized spacial score (nSPS) is 22.8. The number of ether oxygens (including phenoxy) is 3. The first-order valence-corrected chi connectivity index (χ1v) is 9.50. The molecule has 2 aromatic carbocycles. The van der Waals surface area contributed by atoms with E-state index in [-0.39, 0.29) is 11.6 Å². The first-order valence-electron chi connectivity index (χ1n) is 9.50. The number of methoxy groups -OCH3 is 1. The molecule has 2 heterocycles. The van der Waals surface area contributed by atoms with Gasteiger partial charge in [0.15, 0.2) is 0 Å². The van der Waals surface area contributed by atoms with Crippen LogP contribution < -0.4 is 15.4 Å². The second kappa shape index (κ2) is 6.71. The van der Waals surface area contributed by atoms with Crippen molar-refractivity contribution in [1.29, 1.82) is 0 Å². The Labute approximate surface area is 165 Å². The lowest BCUT2D eigenvalue weighted by Crippen LogP contribution is -2.36. The van der Waals surface area contributed by atoms with Crippen LogP contribution in [0.1, 0.15) is 38.3 Å². The summed E-state index contributed by atoms with van der Waals surface area (Å²) in [4.78, 5) is 12.2. The Bertz CT molecular complexity index is 906. The van der Waals surface area contributed by atoms with Gasteiger partial charge < -0.3 is 19.5 Å². The molecule has 0 radical (unpaired) electrons. The van der Waals surface area contributed by atoms with Gasteiger partial charge in [-0.15, -0.1) is 0 Å². The summed E-state index contributed by atoms with van der Waals surface area (Å²) >= 11 is 0. The van der Waals surface area contributed by atoms with Crippen LogP contribution in [0.5, 0.6) is 5.75 Å². The highest BCUT2D eigenvalue weighted by molar-refractivity contribution is 5.85. The van der Waals surface area contributed by atoms with Gasteiger partial charge in [-0.1, -0.05) is 18.2 Å². The van der Waals surface area contributed by atoms with Crippen molar-refractivity contribution in [2.45, 2.75) is 44.4 Å². The third-order valence-corrected chi connectivity index (χ3v) is 5.25. The number of carbonyl (C=O) groups is 1. The van der Waals surface area contributed by atoms with E-state index < -0.39 is 11.7 Å². The van der Waals surface area contributed by atoms with Gasteiger partial charge in [0.05, 0.1) is 19.1 Å². The molecule has 4 rings (SSSR count). The molecule has 0 saturated carbocycles. The molecule has 28 heavy (non-hydrogen) atoms. The number of amides is 1. The number of benzene rings is 2. The minimum atomic E-state index is -0.559. The standard InChI is InChI=1S/C22H26N2O4/c1-21(2,3)28-20(25)23-14-9-10-18(26-4)16(13-14)22-11-12-27-19(22)24-17-8-6-5-7-15(17)22/h5-10,13,19,24H,11-12H2,1-4H3,(H,23,25)/t19?,22-/m1/s1. The fraction of sp³-hybridized carbons (Fsp3) is 0.409. The van der Waals surface area contributed by atoms with E-state index in [4.69, 9.17) is 14.2 Å². The second-order valence-corrected chi connectivity index (χ2v) is 8.20. The minimum Gasteiger partial charge on any atom is -0.496 e. The molecule has 2 N–H and O–H groups in total.